The Kier molecular flexibility index (Phi) is 6.97. The van der Waals surface area contributed by atoms with E-state index in [2.05, 4.69) is 15.5 Å². The number of rotatable bonds is 6. The van der Waals surface area contributed by atoms with Gasteiger partial charge in [0, 0.05) is 44.2 Å². The molecule has 3 amide bonds. The fraction of sp³-hybridized carbons (Fsp3) is 0.417. The smallest absolute Gasteiger partial charge is 0.319 e. The standard InChI is InChI=1S/C24H29ClN4O2/c25-20-9-10-22(28-11-2-1-3-12-28)21(15-20)27-24(31)26-16-18-6-4-7-19(14-18)17-29-13-5-8-23(29)30/h4,6-7,9-10,14-15H,1-3,5,8,11-13,16-17H2,(H2,26,27,31). The van der Waals surface area contributed by atoms with Gasteiger partial charge in [-0.05, 0) is 55.0 Å². The maximum absolute atomic E-state index is 12.6. The number of hydrogen-bond acceptors (Lipinski definition) is 3. The predicted molar refractivity (Wildman–Crippen MR) is 124 cm³/mol. The summed E-state index contributed by atoms with van der Waals surface area (Å²) in [7, 11) is 0. The molecule has 0 unspecified atom stereocenters. The number of piperidine rings is 1. The molecular formula is C24H29ClN4O2. The van der Waals surface area contributed by atoms with Crippen LogP contribution < -0.4 is 15.5 Å². The molecule has 0 bridgehead atoms. The molecule has 164 valence electrons. The summed E-state index contributed by atoms with van der Waals surface area (Å²) >= 11 is 6.19. The first-order chi connectivity index (χ1) is 15.1. The van der Waals surface area contributed by atoms with Crippen LogP contribution in [0.15, 0.2) is 42.5 Å². The molecule has 4 rings (SSSR count). The van der Waals surface area contributed by atoms with Gasteiger partial charge in [-0.25, -0.2) is 4.79 Å². The predicted octanol–water partition coefficient (Wildman–Crippen LogP) is 4.77. The molecule has 2 saturated heterocycles. The fourth-order valence-corrected chi connectivity index (χ4v) is 4.47. The average molecular weight is 441 g/mol. The lowest BCUT2D eigenvalue weighted by atomic mass is 10.1. The molecule has 6 nitrogen and oxygen atoms in total. The SMILES string of the molecule is O=C(NCc1cccc(CN2CCCC2=O)c1)Nc1cc(Cl)ccc1N1CCCCC1. The summed E-state index contributed by atoms with van der Waals surface area (Å²) in [5.74, 6) is 0.217. The average Bonchev–Trinajstić information content (AvgIpc) is 3.18. The van der Waals surface area contributed by atoms with Crippen LogP contribution in [0.25, 0.3) is 0 Å². The van der Waals surface area contributed by atoms with E-state index in [1.165, 1.54) is 6.42 Å². The van der Waals surface area contributed by atoms with E-state index in [4.69, 9.17) is 11.6 Å². The first kappa shape index (κ1) is 21.5. The highest BCUT2D eigenvalue weighted by Gasteiger charge is 2.20. The van der Waals surface area contributed by atoms with Crippen molar-refractivity contribution in [2.45, 2.75) is 45.2 Å². The molecule has 2 aromatic rings. The number of anilines is 2. The Morgan fingerprint density at radius 3 is 2.55 bits per heavy atom. The molecular weight excluding hydrogens is 412 g/mol. The molecule has 0 aromatic heterocycles. The van der Waals surface area contributed by atoms with Crippen molar-refractivity contribution >= 4 is 34.9 Å². The Morgan fingerprint density at radius 2 is 1.77 bits per heavy atom. The van der Waals surface area contributed by atoms with E-state index >= 15 is 0 Å². The van der Waals surface area contributed by atoms with E-state index in [0.717, 1.165) is 61.4 Å². The van der Waals surface area contributed by atoms with Crippen LogP contribution in [0.4, 0.5) is 16.2 Å². The number of halogens is 1. The second-order valence-corrected chi connectivity index (χ2v) is 8.69. The number of benzene rings is 2. The third-order valence-corrected chi connectivity index (χ3v) is 6.13. The quantitative estimate of drug-likeness (QED) is 0.679. The first-order valence-corrected chi connectivity index (χ1v) is 11.4. The van der Waals surface area contributed by atoms with Gasteiger partial charge >= 0.3 is 6.03 Å². The summed E-state index contributed by atoms with van der Waals surface area (Å²) in [6.45, 7) is 3.84. The molecule has 0 atom stereocenters. The molecule has 7 heteroatoms. The zero-order valence-electron chi connectivity index (χ0n) is 17.7. The van der Waals surface area contributed by atoms with Crippen LogP contribution >= 0.6 is 11.6 Å². The highest BCUT2D eigenvalue weighted by molar-refractivity contribution is 6.31. The number of carbonyl (C=O) groups is 2. The molecule has 2 heterocycles. The Morgan fingerprint density at radius 1 is 0.968 bits per heavy atom. The van der Waals surface area contributed by atoms with E-state index in [0.29, 0.717) is 24.5 Å². The van der Waals surface area contributed by atoms with Crippen LogP contribution in [0.3, 0.4) is 0 Å². The number of amides is 3. The van der Waals surface area contributed by atoms with Gasteiger partial charge in [-0.15, -0.1) is 0 Å². The van der Waals surface area contributed by atoms with Gasteiger partial charge in [0.2, 0.25) is 5.91 Å². The van der Waals surface area contributed by atoms with E-state index < -0.39 is 0 Å². The first-order valence-electron chi connectivity index (χ1n) is 11.0. The zero-order chi connectivity index (χ0) is 21.6. The van der Waals surface area contributed by atoms with E-state index in [-0.39, 0.29) is 11.9 Å². The molecule has 2 aromatic carbocycles. The maximum atomic E-state index is 12.6. The Labute approximate surface area is 188 Å². The topological polar surface area (TPSA) is 64.7 Å². The summed E-state index contributed by atoms with van der Waals surface area (Å²) in [5.41, 5.74) is 3.82. The van der Waals surface area contributed by atoms with Crippen LogP contribution in [-0.2, 0) is 17.9 Å². The largest absolute Gasteiger partial charge is 0.370 e. The van der Waals surface area contributed by atoms with Crippen molar-refractivity contribution < 1.29 is 9.59 Å². The minimum Gasteiger partial charge on any atom is -0.370 e. The molecule has 0 spiro atoms. The minimum absolute atomic E-state index is 0.217. The number of nitrogens with zero attached hydrogens (tertiary/aromatic N) is 2. The van der Waals surface area contributed by atoms with E-state index in [1.807, 2.05) is 41.3 Å². The Balaban J connectivity index is 1.36. The zero-order valence-corrected chi connectivity index (χ0v) is 18.5. The van der Waals surface area contributed by atoms with Gasteiger partial charge in [0.1, 0.15) is 0 Å². The summed E-state index contributed by atoms with van der Waals surface area (Å²) in [6, 6.07) is 13.4. The van der Waals surface area contributed by atoms with Gasteiger partial charge in [-0.2, -0.15) is 0 Å². The minimum atomic E-state index is -0.263. The van der Waals surface area contributed by atoms with Crippen LogP contribution in [-0.4, -0.2) is 36.5 Å². The number of nitrogens with one attached hydrogen (secondary N) is 2. The normalized spacial score (nSPS) is 16.5. The molecule has 2 aliphatic rings. The number of hydrogen-bond donors (Lipinski definition) is 2. The van der Waals surface area contributed by atoms with Crippen LogP contribution in [0.1, 0.15) is 43.2 Å². The van der Waals surface area contributed by atoms with Gasteiger partial charge in [0.15, 0.2) is 0 Å². The maximum Gasteiger partial charge on any atom is 0.319 e. The van der Waals surface area contributed by atoms with Gasteiger partial charge < -0.3 is 20.4 Å². The van der Waals surface area contributed by atoms with Crippen LogP contribution in [0.5, 0.6) is 0 Å². The molecule has 0 saturated carbocycles. The van der Waals surface area contributed by atoms with Gasteiger partial charge in [0.05, 0.1) is 11.4 Å². The van der Waals surface area contributed by atoms with Crippen LogP contribution in [0.2, 0.25) is 5.02 Å². The van der Waals surface area contributed by atoms with Crippen molar-refractivity contribution in [2.75, 3.05) is 29.9 Å². The van der Waals surface area contributed by atoms with Crippen molar-refractivity contribution in [2.24, 2.45) is 0 Å². The molecule has 2 aliphatic heterocycles. The monoisotopic (exact) mass is 440 g/mol. The van der Waals surface area contributed by atoms with Crippen molar-refractivity contribution in [1.82, 2.24) is 10.2 Å². The molecule has 0 aliphatic carbocycles. The van der Waals surface area contributed by atoms with Crippen LogP contribution in [0, 0.1) is 0 Å². The number of carbonyl (C=O) groups excluding carboxylic acids is 2. The summed E-state index contributed by atoms with van der Waals surface area (Å²) in [5, 5.41) is 6.50. The molecule has 31 heavy (non-hydrogen) atoms. The molecule has 2 N–H and O–H groups in total. The summed E-state index contributed by atoms with van der Waals surface area (Å²) in [4.78, 5) is 28.7. The highest BCUT2D eigenvalue weighted by Crippen LogP contribution is 2.31. The number of urea groups is 1. The lowest BCUT2D eigenvalue weighted by Gasteiger charge is -2.30. The van der Waals surface area contributed by atoms with Gasteiger partial charge in [-0.1, -0.05) is 35.9 Å². The van der Waals surface area contributed by atoms with Gasteiger partial charge in [-0.3, -0.25) is 4.79 Å². The van der Waals surface area contributed by atoms with Crippen molar-refractivity contribution in [1.29, 1.82) is 0 Å². The van der Waals surface area contributed by atoms with E-state index in [1.54, 1.807) is 6.07 Å². The summed E-state index contributed by atoms with van der Waals surface area (Å²) in [6.07, 6.45) is 5.15. The Bertz CT molecular complexity index is 943. The second kappa shape index (κ2) is 10.1. The number of likely N-dealkylation sites (tertiary alicyclic amines) is 1. The lowest BCUT2D eigenvalue weighted by Crippen LogP contribution is -2.32. The van der Waals surface area contributed by atoms with Gasteiger partial charge in [0.25, 0.3) is 0 Å². The third kappa shape index (κ3) is 5.70. The van der Waals surface area contributed by atoms with E-state index in [9.17, 15) is 9.59 Å². The van der Waals surface area contributed by atoms with Crippen molar-refractivity contribution in [3.8, 4) is 0 Å². The second-order valence-electron chi connectivity index (χ2n) is 8.26. The summed E-state index contributed by atoms with van der Waals surface area (Å²) < 4.78 is 0. The highest BCUT2D eigenvalue weighted by atomic mass is 35.5. The Hall–Kier alpha value is -2.73. The van der Waals surface area contributed by atoms with Crippen molar-refractivity contribution in [3.63, 3.8) is 0 Å². The lowest BCUT2D eigenvalue weighted by molar-refractivity contribution is -0.128. The fourth-order valence-electron chi connectivity index (χ4n) is 4.30. The third-order valence-electron chi connectivity index (χ3n) is 5.89. The van der Waals surface area contributed by atoms with Crippen molar-refractivity contribution in [3.05, 3.63) is 58.6 Å². The molecule has 0 radical (unpaired) electrons. The molecule has 2 fully saturated rings.